The van der Waals surface area contributed by atoms with E-state index in [1.54, 1.807) is 37.3 Å². The Morgan fingerprint density at radius 3 is 2.18 bits per heavy atom. The average molecular weight is 607 g/mol. The lowest BCUT2D eigenvalue weighted by molar-refractivity contribution is -0.140. The lowest BCUT2D eigenvalue weighted by Gasteiger charge is -2.30. The second kappa shape index (κ2) is 14.3. The summed E-state index contributed by atoms with van der Waals surface area (Å²) in [5, 5.41) is 3.87. The van der Waals surface area contributed by atoms with Gasteiger partial charge >= 0.3 is 0 Å². The Hall–Kier alpha value is -2.20. The summed E-state index contributed by atoms with van der Waals surface area (Å²) in [4.78, 5) is 27.7. The summed E-state index contributed by atoms with van der Waals surface area (Å²) in [6.07, 6.45) is 1.27. The number of rotatable bonds is 13. The van der Waals surface area contributed by atoms with Crippen LogP contribution in [-0.4, -0.2) is 57.6 Å². The van der Waals surface area contributed by atoms with Crippen LogP contribution in [0.15, 0.2) is 36.4 Å². The van der Waals surface area contributed by atoms with Gasteiger partial charge in [-0.2, -0.15) is 0 Å². The van der Waals surface area contributed by atoms with Crippen molar-refractivity contribution in [2.75, 3.05) is 30.8 Å². The van der Waals surface area contributed by atoms with Gasteiger partial charge < -0.3 is 15.0 Å². The lowest BCUT2D eigenvalue weighted by atomic mass is 10.1. The summed E-state index contributed by atoms with van der Waals surface area (Å²) >= 11 is 18.9. The molecule has 0 aliphatic rings. The average Bonchev–Trinajstić information content (AvgIpc) is 2.83. The Morgan fingerprint density at radius 1 is 1.03 bits per heavy atom. The first kappa shape index (κ1) is 32.0. The minimum Gasteiger partial charge on any atom is -0.495 e. The van der Waals surface area contributed by atoms with Crippen LogP contribution in [0.5, 0.6) is 5.75 Å². The molecule has 0 aliphatic carbocycles. The van der Waals surface area contributed by atoms with E-state index in [4.69, 9.17) is 39.5 Å². The van der Waals surface area contributed by atoms with Crippen LogP contribution in [0, 0.1) is 5.92 Å². The number of nitrogens with zero attached hydrogens (tertiary/aromatic N) is 2. The molecule has 12 heteroatoms. The molecule has 210 valence electrons. The zero-order chi connectivity index (χ0) is 28.6. The van der Waals surface area contributed by atoms with Crippen molar-refractivity contribution in [1.29, 1.82) is 0 Å². The van der Waals surface area contributed by atoms with Gasteiger partial charge in [0.25, 0.3) is 0 Å². The van der Waals surface area contributed by atoms with Crippen molar-refractivity contribution in [1.82, 2.24) is 10.2 Å². The molecule has 2 aromatic carbocycles. The summed E-state index contributed by atoms with van der Waals surface area (Å²) in [6.45, 7) is 6.10. The highest BCUT2D eigenvalue weighted by Gasteiger charge is 2.28. The molecule has 0 unspecified atom stereocenters. The van der Waals surface area contributed by atoms with Crippen LogP contribution in [0.25, 0.3) is 0 Å². The molecule has 0 saturated heterocycles. The minimum absolute atomic E-state index is 0.0141. The first-order valence-electron chi connectivity index (χ1n) is 12.1. The Bertz CT molecular complexity index is 1220. The van der Waals surface area contributed by atoms with Crippen LogP contribution in [0.4, 0.5) is 5.69 Å². The SMILES string of the molecule is COc1ccc(N(CCCC(=O)N(Cc2c(Cl)cccc2Cl)[C@@H](C)C(=O)NCC(C)C)S(C)(=O)=O)cc1Cl. The first-order chi connectivity index (χ1) is 17.8. The molecule has 1 N–H and O–H groups in total. The number of ether oxygens (including phenoxy) is 1. The van der Waals surface area contributed by atoms with Gasteiger partial charge in [-0.3, -0.25) is 13.9 Å². The normalized spacial score (nSPS) is 12.2. The van der Waals surface area contributed by atoms with Crippen molar-refractivity contribution in [3.63, 3.8) is 0 Å². The highest BCUT2D eigenvalue weighted by Crippen LogP contribution is 2.31. The van der Waals surface area contributed by atoms with Crippen LogP contribution in [-0.2, 0) is 26.2 Å². The van der Waals surface area contributed by atoms with Crippen LogP contribution in [0.3, 0.4) is 0 Å². The fourth-order valence-electron chi connectivity index (χ4n) is 3.70. The summed E-state index contributed by atoms with van der Waals surface area (Å²) in [5.41, 5.74) is 0.880. The van der Waals surface area contributed by atoms with Gasteiger partial charge in [0.05, 0.1) is 24.1 Å². The second-order valence-electron chi connectivity index (χ2n) is 9.29. The molecule has 0 aliphatic heterocycles. The third-order valence-electron chi connectivity index (χ3n) is 5.82. The van der Waals surface area contributed by atoms with Crippen molar-refractivity contribution in [2.45, 2.75) is 46.2 Å². The van der Waals surface area contributed by atoms with E-state index in [0.717, 1.165) is 6.26 Å². The molecular weight excluding hydrogens is 573 g/mol. The smallest absolute Gasteiger partial charge is 0.242 e. The number of sulfonamides is 1. The molecular formula is C26H34Cl3N3O5S. The summed E-state index contributed by atoms with van der Waals surface area (Å²) < 4.78 is 31.4. The third-order valence-corrected chi connectivity index (χ3v) is 8.02. The van der Waals surface area contributed by atoms with Crippen LogP contribution in [0.1, 0.15) is 39.2 Å². The van der Waals surface area contributed by atoms with Crippen LogP contribution in [0.2, 0.25) is 15.1 Å². The van der Waals surface area contributed by atoms with Gasteiger partial charge in [-0.1, -0.05) is 54.7 Å². The summed E-state index contributed by atoms with van der Waals surface area (Å²) in [7, 11) is -2.20. The second-order valence-corrected chi connectivity index (χ2v) is 12.4. The highest BCUT2D eigenvalue weighted by atomic mass is 35.5. The summed E-state index contributed by atoms with van der Waals surface area (Å²) in [6, 6.07) is 8.88. The number of carbonyl (C=O) groups excluding carboxylic acids is 2. The standard InChI is InChI=1S/C26H34Cl3N3O5S/c1-17(2)15-30-26(34)18(3)31(16-20-21(27)8-6-9-22(20)28)25(33)10-7-13-32(38(5,35)36)19-11-12-24(37-4)23(29)14-19/h6,8-9,11-12,14,17-18H,7,10,13,15-16H2,1-5H3,(H,30,34)/t18-/m0/s1. The highest BCUT2D eigenvalue weighted by molar-refractivity contribution is 7.92. The van der Waals surface area contributed by atoms with E-state index in [1.165, 1.54) is 22.4 Å². The number of hydrogen-bond donors (Lipinski definition) is 1. The van der Waals surface area contributed by atoms with E-state index < -0.39 is 16.1 Å². The molecule has 1 atom stereocenters. The van der Waals surface area contributed by atoms with Gasteiger partial charge in [-0.25, -0.2) is 8.42 Å². The van der Waals surface area contributed by atoms with E-state index in [2.05, 4.69) is 5.32 Å². The Labute approximate surface area is 240 Å². The van der Waals surface area contributed by atoms with Crippen molar-refractivity contribution in [3.8, 4) is 5.75 Å². The number of hydrogen-bond acceptors (Lipinski definition) is 5. The topological polar surface area (TPSA) is 96.0 Å². The number of amides is 2. The molecule has 8 nitrogen and oxygen atoms in total. The maximum atomic E-state index is 13.4. The van der Waals surface area contributed by atoms with Gasteiger partial charge in [0.2, 0.25) is 21.8 Å². The van der Waals surface area contributed by atoms with Gasteiger partial charge in [0.15, 0.2) is 0 Å². The van der Waals surface area contributed by atoms with Crippen molar-refractivity contribution in [2.24, 2.45) is 5.92 Å². The van der Waals surface area contributed by atoms with Crippen LogP contribution < -0.4 is 14.4 Å². The zero-order valence-electron chi connectivity index (χ0n) is 22.1. The predicted octanol–water partition coefficient (Wildman–Crippen LogP) is 5.39. The Balaban J connectivity index is 2.24. The number of methoxy groups -OCH3 is 1. The quantitative estimate of drug-likeness (QED) is 0.330. The molecule has 0 aromatic heterocycles. The molecule has 2 amide bonds. The maximum absolute atomic E-state index is 13.4. The molecule has 0 fully saturated rings. The van der Waals surface area contributed by atoms with Gasteiger partial charge in [-0.15, -0.1) is 0 Å². The Morgan fingerprint density at radius 2 is 1.66 bits per heavy atom. The van der Waals surface area contributed by atoms with Crippen LogP contribution >= 0.6 is 34.8 Å². The van der Waals surface area contributed by atoms with Gasteiger partial charge in [-0.05, 0) is 49.6 Å². The molecule has 2 rings (SSSR count). The van der Waals surface area contributed by atoms with Crippen molar-refractivity contribution < 1.29 is 22.7 Å². The fraction of sp³-hybridized carbons (Fsp3) is 0.462. The molecule has 2 aromatic rings. The van der Waals surface area contributed by atoms with Crippen molar-refractivity contribution in [3.05, 3.63) is 57.0 Å². The van der Waals surface area contributed by atoms with E-state index in [0.29, 0.717) is 33.6 Å². The molecule has 38 heavy (non-hydrogen) atoms. The fourth-order valence-corrected chi connectivity index (χ4v) is 5.43. The largest absolute Gasteiger partial charge is 0.495 e. The molecule has 0 spiro atoms. The number of anilines is 1. The lowest BCUT2D eigenvalue weighted by Crippen LogP contribution is -2.48. The summed E-state index contributed by atoms with van der Waals surface area (Å²) in [5.74, 6) is 0.00894. The van der Waals surface area contributed by atoms with E-state index >= 15 is 0 Å². The number of benzene rings is 2. The van der Waals surface area contributed by atoms with Gasteiger partial charge in [0, 0.05) is 41.7 Å². The van der Waals surface area contributed by atoms with E-state index in [-0.39, 0.29) is 48.7 Å². The monoisotopic (exact) mass is 605 g/mol. The number of nitrogens with one attached hydrogen (secondary N) is 1. The number of carbonyl (C=O) groups is 2. The van der Waals surface area contributed by atoms with Gasteiger partial charge in [0.1, 0.15) is 11.8 Å². The maximum Gasteiger partial charge on any atom is 0.242 e. The predicted molar refractivity (Wildman–Crippen MR) is 154 cm³/mol. The Kier molecular flexibility index (Phi) is 12.0. The molecule has 0 radical (unpaired) electrons. The first-order valence-corrected chi connectivity index (χ1v) is 15.1. The molecule has 0 saturated carbocycles. The van der Waals surface area contributed by atoms with Crippen molar-refractivity contribution >= 4 is 62.3 Å². The molecule has 0 bridgehead atoms. The van der Waals surface area contributed by atoms with E-state index in [1.807, 2.05) is 13.8 Å². The molecule has 0 heterocycles. The zero-order valence-corrected chi connectivity index (χ0v) is 25.2. The third kappa shape index (κ3) is 8.93. The minimum atomic E-state index is -3.67. The van der Waals surface area contributed by atoms with E-state index in [9.17, 15) is 18.0 Å². The number of halogens is 3.